The van der Waals surface area contributed by atoms with Gasteiger partial charge in [-0.05, 0) is 45.1 Å². The second-order valence-electron chi connectivity index (χ2n) is 6.35. The molecule has 1 saturated carbocycles. The second kappa shape index (κ2) is 5.44. The fourth-order valence-electron chi connectivity index (χ4n) is 2.06. The molecule has 7 heteroatoms. The predicted octanol–water partition coefficient (Wildman–Crippen LogP) is 1.45. The molecule has 118 valence electrons. The molecule has 2 rings (SSSR count). The van der Waals surface area contributed by atoms with Crippen LogP contribution in [0.1, 0.15) is 42.9 Å². The van der Waals surface area contributed by atoms with E-state index in [0.717, 1.165) is 12.1 Å². The van der Waals surface area contributed by atoms with Crippen molar-refractivity contribution in [1.82, 2.24) is 9.78 Å². The Kier molecular flexibility index (Phi) is 4.15. The smallest absolute Gasteiger partial charge is 0.358 e. The van der Waals surface area contributed by atoms with E-state index in [4.69, 9.17) is 0 Å². The van der Waals surface area contributed by atoms with Gasteiger partial charge in [0.05, 0.1) is 18.4 Å². The molecule has 0 amide bonds. The molecule has 0 bridgehead atoms. The van der Waals surface area contributed by atoms with Gasteiger partial charge in [0.25, 0.3) is 0 Å². The standard InChI is InChI=1S/C14H22N2O4S/c1-14(2,21(4,18)19)9-16-11(7-10-5-6-10)8-12(15-16)13(17)20-3/h8,10H,5-7,9H2,1-4H3. The van der Waals surface area contributed by atoms with E-state index >= 15 is 0 Å². The van der Waals surface area contributed by atoms with Gasteiger partial charge in [0, 0.05) is 11.9 Å². The lowest BCUT2D eigenvalue weighted by Crippen LogP contribution is -2.36. The van der Waals surface area contributed by atoms with Crippen molar-refractivity contribution in [3.8, 4) is 0 Å². The molecule has 1 heterocycles. The van der Waals surface area contributed by atoms with Crippen molar-refractivity contribution in [3.63, 3.8) is 0 Å². The molecule has 0 aliphatic heterocycles. The number of methoxy groups -OCH3 is 1. The Labute approximate surface area is 125 Å². The number of sulfone groups is 1. The van der Waals surface area contributed by atoms with Crippen molar-refractivity contribution >= 4 is 15.8 Å². The van der Waals surface area contributed by atoms with Crippen LogP contribution in [0.2, 0.25) is 0 Å². The third-order valence-electron chi connectivity index (χ3n) is 3.99. The third kappa shape index (κ3) is 3.64. The number of hydrogen-bond acceptors (Lipinski definition) is 5. The maximum Gasteiger partial charge on any atom is 0.358 e. The average Bonchev–Trinajstić information content (AvgIpc) is 3.09. The SMILES string of the molecule is COC(=O)c1cc(CC2CC2)n(CC(C)(C)S(C)(=O)=O)n1. The Balaban J connectivity index is 2.31. The number of carbonyl (C=O) groups excluding carboxylic acids is 1. The monoisotopic (exact) mass is 314 g/mol. The highest BCUT2D eigenvalue weighted by atomic mass is 32.2. The lowest BCUT2D eigenvalue weighted by molar-refractivity contribution is 0.0593. The van der Waals surface area contributed by atoms with Crippen LogP contribution in [-0.2, 0) is 27.5 Å². The van der Waals surface area contributed by atoms with Gasteiger partial charge in [-0.25, -0.2) is 13.2 Å². The van der Waals surface area contributed by atoms with Crippen LogP contribution in [0.4, 0.5) is 0 Å². The Hall–Kier alpha value is -1.37. The minimum atomic E-state index is -3.22. The van der Waals surface area contributed by atoms with Crippen molar-refractivity contribution < 1.29 is 17.9 Å². The fraction of sp³-hybridized carbons (Fsp3) is 0.714. The summed E-state index contributed by atoms with van der Waals surface area (Å²) in [5, 5.41) is 4.24. The first kappa shape index (κ1) is 16.0. The van der Waals surface area contributed by atoms with Crippen LogP contribution in [0.5, 0.6) is 0 Å². The lowest BCUT2D eigenvalue weighted by atomic mass is 10.2. The zero-order valence-electron chi connectivity index (χ0n) is 12.9. The Morgan fingerprint density at radius 1 is 1.48 bits per heavy atom. The largest absolute Gasteiger partial charge is 0.464 e. The van der Waals surface area contributed by atoms with Gasteiger partial charge in [-0.2, -0.15) is 5.10 Å². The van der Waals surface area contributed by atoms with E-state index in [1.54, 1.807) is 24.6 Å². The topological polar surface area (TPSA) is 78.3 Å². The Morgan fingerprint density at radius 2 is 2.10 bits per heavy atom. The number of aromatic nitrogens is 2. The van der Waals surface area contributed by atoms with E-state index < -0.39 is 20.6 Å². The molecule has 0 atom stereocenters. The summed E-state index contributed by atoms with van der Waals surface area (Å²) in [5.74, 6) is 0.121. The molecule has 0 unspecified atom stereocenters. The van der Waals surface area contributed by atoms with Crippen LogP contribution >= 0.6 is 0 Å². The zero-order chi connectivity index (χ0) is 15.8. The molecule has 0 radical (unpaired) electrons. The van der Waals surface area contributed by atoms with Gasteiger partial charge in [-0.15, -0.1) is 0 Å². The van der Waals surface area contributed by atoms with Crippen LogP contribution in [0, 0.1) is 5.92 Å². The molecule has 1 aliphatic rings. The molecule has 0 aromatic carbocycles. The number of esters is 1. The number of hydrogen-bond donors (Lipinski definition) is 0. The highest BCUT2D eigenvalue weighted by molar-refractivity contribution is 7.92. The zero-order valence-corrected chi connectivity index (χ0v) is 13.7. The lowest BCUT2D eigenvalue weighted by Gasteiger charge is -2.23. The molecule has 1 aromatic heterocycles. The van der Waals surface area contributed by atoms with Crippen LogP contribution < -0.4 is 0 Å². The van der Waals surface area contributed by atoms with Gasteiger partial charge in [0.1, 0.15) is 0 Å². The molecular weight excluding hydrogens is 292 g/mol. The molecule has 6 nitrogen and oxygen atoms in total. The van der Waals surface area contributed by atoms with Crippen LogP contribution in [0.25, 0.3) is 0 Å². The average molecular weight is 314 g/mol. The first-order chi connectivity index (χ1) is 9.64. The maximum absolute atomic E-state index is 11.9. The van der Waals surface area contributed by atoms with Crippen molar-refractivity contribution in [2.45, 2.75) is 44.4 Å². The molecule has 1 aromatic rings. The maximum atomic E-state index is 11.9. The Bertz CT molecular complexity index is 642. The molecular formula is C14H22N2O4S. The number of carbonyl (C=O) groups is 1. The number of rotatable bonds is 6. The van der Waals surface area contributed by atoms with Gasteiger partial charge in [-0.3, -0.25) is 4.68 Å². The molecule has 1 fully saturated rings. The summed E-state index contributed by atoms with van der Waals surface area (Å²) >= 11 is 0. The van der Waals surface area contributed by atoms with Crippen LogP contribution in [-0.4, -0.2) is 42.3 Å². The van der Waals surface area contributed by atoms with Gasteiger partial charge in [0.2, 0.25) is 0 Å². The molecule has 21 heavy (non-hydrogen) atoms. The number of ether oxygens (including phenoxy) is 1. The highest BCUT2D eigenvalue weighted by Gasteiger charge is 2.33. The summed E-state index contributed by atoms with van der Waals surface area (Å²) in [7, 11) is -1.92. The van der Waals surface area contributed by atoms with E-state index in [0.29, 0.717) is 5.92 Å². The summed E-state index contributed by atoms with van der Waals surface area (Å²) < 4.78 is 29.1. The molecule has 0 spiro atoms. The number of nitrogens with zero attached hydrogens (tertiary/aromatic N) is 2. The fourth-order valence-corrected chi connectivity index (χ4v) is 2.41. The van der Waals surface area contributed by atoms with E-state index in [2.05, 4.69) is 9.84 Å². The van der Waals surface area contributed by atoms with E-state index in [1.165, 1.54) is 26.2 Å². The minimum absolute atomic E-state index is 0.227. The summed E-state index contributed by atoms with van der Waals surface area (Å²) in [6.45, 7) is 3.57. The highest BCUT2D eigenvalue weighted by Crippen LogP contribution is 2.33. The Morgan fingerprint density at radius 3 is 2.57 bits per heavy atom. The summed E-state index contributed by atoms with van der Waals surface area (Å²) in [6.07, 6.45) is 4.39. The van der Waals surface area contributed by atoms with Gasteiger partial charge >= 0.3 is 5.97 Å². The first-order valence-corrected chi connectivity index (χ1v) is 8.88. The first-order valence-electron chi connectivity index (χ1n) is 6.98. The normalized spacial score (nSPS) is 16.0. The van der Waals surface area contributed by atoms with Crippen LogP contribution in [0.3, 0.4) is 0 Å². The van der Waals surface area contributed by atoms with Crippen molar-refractivity contribution in [1.29, 1.82) is 0 Å². The van der Waals surface area contributed by atoms with E-state index in [1.807, 2.05) is 0 Å². The van der Waals surface area contributed by atoms with E-state index in [9.17, 15) is 13.2 Å². The third-order valence-corrected chi connectivity index (χ3v) is 6.12. The summed E-state index contributed by atoms with van der Waals surface area (Å²) in [4.78, 5) is 11.6. The van der Waals surface area contributed by atoms with Crippen molar-refractivity contribution in [2.24, 2.45) is 5.92 Å². The molecule has 1 aliphatic carbocycles. The summed E-state index contributed by atoms with van der Waals surface area (Å²) in [6, 6.07) is 1.71. The molecule has 0 N–H and O–H groups in total. The van der Waals surface area contributed by atoms with E-state index in [-0.39, 0.29) is 12.2 Å². The van der Waals surface area contributed by atoms with Gasteiger partial charge in [0.15, 0.2) is 15.5 Å². The quantitative estimate of drug-likeness (QED) is 0.743. The van der Waals surface area contributed by atoms with Crippen molar-refractivity contribution in [2.75, 3.05) is 13.4 Å². The minimum Gasteiger partial charge on any atom is -0.464 e. The second-order valence-corrected chi connectivity index (χ2v) is 9.00. The predicted molar refractivity (Wildman–Crippen MR) is 78.9 cm³/mol. The molecule has 0 saturated heterocycles. The van der Waals surface area contributed by atoms with Crippen LogP contribution in [0.15, 0.2) is 6.07 Å². The summed E-state index contributed by atoms with van der Waals surface area (Å²) in [5.41, 5.74) is 1.13. The van der Waals surface area contributed by atoms with Crippen molar-refractivity contribution in [3.05, 3.63) is 17.5 Å². The van der Waals surface area contributed by atoms with Gasteiger partial charge in [-0.1, -0.05) is 0 Å². The van der Waals surface area contributed by atoms with Gasteiger partial charge < -0.3 is 4.74 Å².